The molecule has 108 valence electrons. The molecule has 1 aromatic carbocycles. The third-order valence-corrected chi connectivity index (χ3v) is 3.47. The van der Waals surface area contributed by atoms with Crippen molar-refractivity contribution in [3.63, 3.8) is 0 Å². The Balaban J connectivity index is 2.24. The fourth-order valence-corrected chi connectivity index (χ4v) is 2.30. The van der Waals surface area contributed by atoms with Gasteiger partial charge in [0.2, 0.25) is 0 Å². The topological polar surface area (TPSA) is 88.2 Å². The van der Waals surface area contributed by atoms with Crippen LogP contribution in [0.15, 0.2) is 29.4 Å². The summed E-state index contributed by atoms with van der Waals surface area (Å²) in [6.07, 6.45) is 0.853. The molecule has 0 aromatic heterocycles. The number of amides is 1. The molecule has 1 amide bonds. The second-order valence-electron chi connectivity index (χ2n) is 4.70. The summed E-state index contributed by atoms with van der Waals surface area (Å²) >= 11 is 0. The molecule has 6 nitrogen and oxygen atoms in total. The average molecular weight is 277 g/mol. The summed E-state index contributed by atoms with van der Waals surface area (Å²) in [5.41, 5.74) is 6.61. The largest absolute Gasteiger partial charge is 0.409 e. The van der Waals surface area contributed by atoms with Crippen LogP contribution >= 0.6 is 0 Å². The fourth-order valence-electron chi connectivity index (χ4n) is 2.30. The number of nitrogens with two attached hydrogens (primary N) is 1. The number of rotatable bonds is 3. The Morgan fingerprint density at radius 3 is 3.00 bits per heavy atom. The number of hydrogen-bond donors (Lipinski definition) is 2. The van der Waals surface area contributed by atoms with Crippen LogP contribution in [0.2, 0.25) is 0 Å². The van der Waals surface area contributed by atoms with Gasteiger partial charge in [-0.3, -0.25) is 4.79 Å². The lowest BCUT2D eigenvalue weighted by Gasteiger charge is -2.35. The third kappa shape index (κ3) is 2.91. The summed E-state index contributed by atoms with van der Waals surface area (Å²) < 4.78 is 5.40. The van der Waals surface area contributed by atoms with E-state index in [-0.39, 0.29) is 17.8 Å². The van der Waals surface area contributed by atoms with Crippen molar-refractivity contribution in [2.24, 2.45) is 10.9 Å². The van der Waals surface area contributed by atoms with Crippen molar-refractivity contribution in [3.05, 3.63) is 35.4 Å². The van der Waals surface area contributed by atoms with Crippen LogP contribution in [0.3, 0.4) is 0 Å². The van der Waals surface area contributed by atoms with Gasteiger partial charge in [-0.15, -0.1) is 0 Å². The lowest BCUT2D eigenvalue weighted by atomic mass is 10.1. The summed E-state index contributed by atoms with van der Waals surface area (Å²) in [6.45, 7) is 3.75. The van der Waals surface area contributed by atoms with Gasteiger partial charge in [0.25, 0.3) is 5.91 Å². The second-order valence-corrected chi connectivity index (χ2v) is 4.70. The lowest BCUT2D eigenvalue weighted by Crippen LogP contribution is -2.48. The van der Waals surface area contributed by atoms with E-state index < -0.39 is 0 Å². The van der Waals surface area contributed by atoms with Gasteiger partial charge in [0.05, 0.1) is 19.3 Å². The molecule has 0 radical (unpaired) electrons. The van der Waals surface area contributed by atoms with Gasteiger partial charge >= 0.3 is 0 Å². The number of morpholine rings is 1. The number of oxime groups is 1. The van der Waals surface area contributed by atoms with Crippen molar-refractivity contribution in [1.82, 2.24) is 4.90 Å². The van der Waals surface area contributed by atoms with Gasteiger partial charge in [-0.1, -0.05) is 24.2 Å². The molecule has 3 N–H and O–H groups in total. The molecule has 0 saturated carbocycles. The standard InChI is InChI=1S/C14H19N3O3/c1-2-12-9-20-7-6-17(12)14(18)11-5-3-4-10(8-11)13(15)16-19/h3-5,8,12,19H,2,6-7,9H2,1H3,(H2,15,16). The minimum atomic E-state index is -0.0484. The number of nitrogens with zero attached hydrogens (tertiary/aromatic N) is 2. The van der Waals surface area contributed by atoms with Crippen LogP contribution in [0.25, 0.3) is 0 Å². The predicted octanol–water partition coefficient (Wildman–Crippen LogP) is 1.03. The highest BCUT2D eigenvalue weighted by Gasteiger charge is 2.26. The molecule has 0 aliphatic carbocycles. The third-order valence-electron chi connectivity index (χ3n) is 3.47. The van der Waals surface area contributed by atoms with E-state index in [0.29, 0.717) is 30.9 Å². The highest BCUT2D eigenvalue weighted by Crippen LogP contribution is 2.15. The van der Waals surface area contributed by atoms with Crippen LogP contribution in [0.4, 0.5) is 0 Å². The molecule has 6 heteroatoms. The number of benzene rings is 1. The smallest absolute Gasteiger partial charge is 0.254 e. The Hall–Kier alpha value is -2.08. The Bertz CT molecular complexity index is 516. The van der Waals surface area contributed by atoms with Crippen molar-refractivity contribution in [2.45, 2.75) is 19.4 Å². The van der Waals surface area contributed by atoms with Crippen LogP contribution in [0.1, 0.15) is 29.3 Å². The van der Waals surface area contributed by atoms with Crippen LogP contribution in [0.5, 0.6) is 0 Å². The minimum absolute atomic E-state index is 0.00586. The summed E-state index contributed by atoms with van der Waals surface area (Å²) in [6, 6.07) is 6.90. The second kappa shape index (κ2) is 6.38. The maximum atomic E-state index is 12.6. The van der Waals surface area contributed by atoms with E-state index in [4.69, 9.17) is 15.7 Å². The highest BCUT2D eigenvalue weighted by atomic mass is 16.5. The molecule has 1 aliphatic heterocycles. The Kier molecular flexibility index (Phi) is 4.57. The number of ether oxygens (including phenoxy) is 1. The zero-order valence-electron chi connectivity index (χ0n) is 11.5. The van der Waals surface area contributed by atoms with Gasteiger partial charge in [-0.05, 0) is 18.6 Å². The Morgan fingerprint density at radius 1 is 1.55 bits per heavy atom. The van der Waals surface area contributed by atoms with Crippen molar-refractivity contribution in [2.75, 3.05) is 19.8 Å². The molecule has 0 bridgehead atoms. The molecule has 2 rings (SSSR count). The molecule has 1 unspecified atom stereocenters. The van der Waals surface area contributed by atoms with E-state index in [0.717, 1.165) is 6.42 Å². The average Bonchev–Trinajstić information content (AvgIpc) is 2.53. The van der Waals surface area contributed by atoms with Crippen LogP contribution in [0, 0.1) is 0 Å². The molecule has 1 heterocycles. The number of amidine groups is 1. The van der Waals surface area contributed by atoms with Crippen LogP contribution in [-0.2, 0) is 4.74 Å². The fraction of sp³-hybridized carbons (Fsp3) is 0.429. The van der Waals surface area contributed by atoms with E-state index in [9.17, 15) is 4.79 Å². The van der Waals surface area contributed by atoms with E-state index in [2.05, 4.69) is 5.16 Å². The zero-order chi connectivity index (χ0) is 14.5. The first-order valence-electron chi connectivity index (χ1n) is 6.64. The molecule has 0 spiro atoms. The zero-order valence-corrected chi connectivity index (χ0v) is 11.5. The molecule has 1 aromatic rings. The van der Waals surface area contributed by atoms with E-state index >= 15 is 0 Å². The molecule has 1 atom stereocenters. The van der Waals surface area contributed by atoms with Gasteiger partial charge in [-0.2, -0.15) is 0 Å². The van der Waals surface area contributed by atoms with E-state index in [1.807, 2.05) is 11.8 Å². The molecule has 1 saturated heterocycles. The summed E-state index contributed by atoms with van der Waals surface area (Å²) in [4.78, 5) is 14.4. The Morgan fingerprint density at radius 2 is 2.30 bits per heavy atom. The quantitative estimate of drug-likeness (QED) is 0.374. The van der Waals surface area contributed by atoms with Gasteiger partial charge in [0.1, 0.15) is 0 Å². The van der Waals surface area contributed by atoms with Gasteiger partial charge in [-0.25, -0.2) is 0 Å². The van der Waals surface area contributed by atoms with E-state index in [1.165, 1.54) is 0 Å². The number of carbonyl (C=O) groups excluding carboxylic acids is 1. The van der Waals surface area contributed by atoms with Crippen LogP contribution < -0.4 is 5.73 Å². The van der Waals surface area contributed by atoms with Gasteiger partial charge < -0.3 is 20.6 Å². The summed E-state index contributed by atoms with van der Waals surface area (Å²) in [7, 11) is 0. The molecule has 1 fully saturated rings. The molecular formula is C14H19N3O3. The number of carbonyl (C=O) groups is 1. The number of hydrogen-bond acceptors (Lipinski definition) is 4. The van der Waals surface area contributed by atoms with Crippen LogP contribution in [-0.4, -0.2) is 47.7 Å². The van der Waals surface area contributed by atoms with Crippen molar-refractivity contribution in [1.29, 1.82) is 0 Å². The maximum Gasteiger partial charge on any atom is 0.254 e. The van der Waals surface area contributed by atoms with Crippen molar-refractivity contribution in [3.8, 4) is 0 Å². The first-order valence-corrected chi connectivity index (χ1v) is 6.64. The first-order chi connectivity index (χ1) is 9.67. The molecule has 1 aliphatic rings. The normalized spacial score (nSPS) is 19.9. The highest BCUT2D eigenvalue weighted by molar-refractivity contribution is 6.01. The summed E-state index contributed by atoms with van der Waals surface area (Å²) in [5.74, 6) is -0.0543. The SMILES string of the molecule is CCC1COCCN1C(=O)c1cccc(/C(N)=N/O)c1. The Labute approximate surface area is 117 Å². The predicted molar refractivity (Wildman–Crippen MR) is 74.9 cm³/mol. The monoisotopic (exact) mass is 277 g/mol. The summed E-state index contributed by atoms with van der Waals surface area (Å²) in [5, 5.41) is 11.6. The molecule has 20 heavy (non-hydrogen) atoms. The molecular weight excluding hydrogens is 258 g/mol. The van der Waals surface area contributed by atoms with Crippen molar-refractivity contribution >= 4 is 11.7 Å². The first kappa shape index (κ1) is 14.3. The minimum Gasteiger partial charge on any atom is -0.409 e. The maximum absolute atomic E-state index is 12.6. The van der Waals surface area contributed by atoms with E-state index in [1.54, 1.807) is 24.3 Å². The van der Waals surface area contributed by atoms with Gasteiger partial charge in [0, 0.05) is 17.7 Å². The van der Waals surface area contributed by atoms with Gasteiger partial charge in [0.15, 0.2) is 5.84 Å². The lowest BCUT2D eigenvalue weighted by molar-refractivity contribution is -0.00279. The van der Waals surface area contributed by atoms with Crippen molar-refractivity contribution < 1.29 is 14.7 Å².